The van der Waals surface area contributed by atoms with Crippen LogP contribution in [0.3, 0.4) is 0 Å². The van der Waals surface area contributed by atoms with Gasteiger partial charge >= 0.3 is 12.1 Å². The molecule has 0 unspecified atom stereocenters. The second kappa shape index (κ2) is 8.84. The Morgan fingerprint density at radius 3 is 2.44 bits per heavy atom. The molecule has 4 rings (SSSR count). The van der Waals surface area contributed by atoms with Gasteiger partial charge in [0.1, 0.15) is 10.0 Å². The molecule has 0 aliphatic rings. The number of nitrogens with zero attached hydrogens (tertiary/aromatic N) is 2. The zero-order valence-corrected chi connectivity index (χ0v) is 19.4. The predicted molar refractivity (Wildman–Crippen MR) is 123 cm³/mol. The quantitative estimate of drug-likeness (QED) is 0.293. The lowest BCUT2D eigenvalue weighted by molar-refractivity contribution is -0.138. The summed E-state index contributed by atoms with van der Waals surface area (Å²) in [5, 5.41) is 10.3. The fourth-order valence-corrected chi connectivity index (χ4v) is 6.52. The van der Waals surface area contributed by atoms with E-state index in [9.17, 15) is 18.0 Å². The highest BCUT2D eigenvalue weighted by Gasteiger charge is 2.30. The average molecular weight is 495 g/mol. The van der Waals surface area contributed by atoms with E-state index in [1.165, 1.54) is 34.8 Å². The lowest BCUT2D eigenvalue weighted by atomic mass is 10.1. The van der Waals surface area contributed by atoms with Crippen LogP contribution in [-0.2, 0) is 23.1 Å². The van der Waals surface area contributed by atoms with Crippen molar-refractivity contribution in [3.05, 3.63) is 63.1 Å². The monoisotopic (exact) mass is 494 g/mol. The molecule has 2 aromatic carbocycles. The third-order valence-corrected chi connectivity index (χ3v) is 8.58. The largest absolute Gasteiger partial charge is 0.481 e. The molecule has 0 fully saturated rings. The fourth-order valence-electron chi connectivity index (χ4n) is 3.14. The molecule has 0 bridgehead atoms. The van der Waals surface area contributed by atoms with Crippen molar-refractivity contribution in [2.75, 3.05) is 0 Å². The van der Waals surface area contributed by atoms with E-state index in [1.54, 1.807) is 11.8 Å². The molecule has 4 nitrogen and oxygen atoms in total. The molecule has 0 spiro atoms. The number of thioether (sulfide) groups is 1. The number of aromatic nitrogens is 2. The highest BCUT2D eigenvalue weighted by atomic mass is 32.2. The number of halogens is 3. The minimum absolute atomic E-state index is 0.0892. The van der Waals surface area contributed by atoms with Crippen LogP contribution in [0, 0.1) is 13.8 Å². The van der Waals surface area contributed by atoms with Crippen LogP contribution >= 0.6 is 34.4 Å². The number of hydrogen-bond acceptors (Lipinski definition) is 6. The van der Waals surface area contributed by atoms with Crippen LogP contribution in [0.2, 0.25) is 0 Å². The van der Waals surface area contributed by atoms with Gasteiger partial charge in [-0.2, -0.15) is 13.2 Å². The van der Waals surface area contributed by atoms with Crippen molar-refractivity contribution in [3.63, 3.8) is 0 Å². The summed E-state index contributed by atoms with van der Waals surface area (Å²) in [5.74, 6) is -0.224. The van der Waals surface area contributed by atoms with Crippen LogP contribution in [0.4, 0.5) is 13.2 Å². The first-order chi connectivity index (χ1) is 15.1. The third kappa shape index (κ3) is 4.82. The minimum Gasteiger partial charge on any atom is -0.481 e. The van der Waals surface area contributed by atoms with Gasteiger partial charge in [0.25, 0.3) is 0 Å². The van der Waals surface area contributed by atoms with Gasteiger partial charge in [-0.05, 0) is 43.7 Å². The van der Waals surface area contributed by atoms with E-state index in [0.717, 1.165) is 43.4 Å². The third-order valence-electron chi connectivity index (χ3n) is 4.81. The van der Waals surface area contributed by atoms with Gasteiger partial charge < -0.3 is 5.11 Å². The summed E-state index contributed by atoms with van der Waals surface area (Å²) < 4.78 is 39.4. The molecule has 0 saturated carbocycles. The van der Waals surface area contributed by atoms with Crippen LogP contribution in [0.5, 0.6) is 0 Å². The number of hydrogen-bond donors (Lipinski definition) is 1. The molecule has 1 N–H and O–H groups in total. The molecule has 166 valence electrons. The van der Waals surface area contributed by atoms with Gasteiger partial charge in [0.15, 0.2) is 0 Å². The standard InChI is InChI=1S/C22H17F3N2O2S3/c1-11-16(8-7-15-20(11)32-18(27-15)9-19(28)29)30-10-17-12(2)26-21(31-17)13-3-5-14(6-4-13)22(23,24)25/h3-8H,9-10H2,1-2H3,(H,28,29). The van der Waals surface area contributed by atoms with E-state index >= 15 is 0 Å². The Labute approximate surface area is 194 Å². The summed E-state index contributed by atoms with van der Waals surface area (Å²) in [5.41, 5.74) is 2.71. The van der Waals surface area contributed by atoms with Crippen molar-refractivity contribution in [1.29, 1.82) is 0 Å². The van der Waals surface area contributed by atoms with E-state index in [0.29, 0.717) is 21.3 Å². The number of benzene rings is 2. The van der Waals surface area contributed by atoms with Gasteiger partial charge in [0.2, 0.25) is 0 Å². The Morgan fingerprint density at radius 1 is 1.06 bits per heavy atom. The maximum absolute atomic E-state index is 12.8. The number of carboxylic acids is 1. The summed E-state index contributed by atoms with van der Waals surface area (Å²) in [6.45, 7) is 3.90. The van der Waals surface area contributed by atoms with Crippen molar-refractivity contribution >= 4 is 50.6 Å². The molecule has 32 heavy (non-hydrogen) atoms. The zero-order chi connectivity index (χ0) is 23.0. The smallest absolute Gasteiger partial charge is 0.416 e. The number of carboxylic acid groups (broad SMARTS) is 1. The second-order valence-electron chi connectivity index (χ2n) is 7.11. The van der Waals surface area contributed by atoms with E-state index in [4.69, 9.17) is 5.11 Å². The van der Waals surface area contributed by atoms with Gasteiger partial charge in [-0.15, -0.1) is 34.4 Å². The molecule has 0 saturated heterocycles. The van der Waals surface area contributed by atoms with Gasteiger partial charge in [-0.25, -0.2) is 9.97 Å². The predicted octanol–water partition coefficient (Wildman–Crippen LogP) is 6.97. The Hall–Kier alpha value is -2.43. The molecule has 2 aromatic heterocycles. The Morgan fingerprint density at radius 2 is 1.78 bits per heavy atom. The first kappa shape index (κ1) is 22.8. The lowest BCUT2D eigenvalue weighted by Crippen LogP contribution is -2.03. The molecule has 0 aliphatic carbocycles. The summed E-state index contributed by atoms with van der Waals surface area (Å²) in [4.78, 5) is 22.0. The van der Waals surface area contributed by atoms with Crippen LogP contribution in [0.25, 0.3) is 20.8 Å². The number of aryl methyl sites for hydroxylation is 2. The first-order valence-electron chi connectivity index (χ1n) is 9.49. The molecule has 10 heteroatoms. The van der Waals surface area contributed by atoms with E-state index in [-0.39, 0.29) is 6.42 Å². The molecule has 0 aliphatic heterocycles. The molecular weight excluding hydrogens is 477 g/mol. The van der Waals surface area contributed by atoms with Crippen LogP contribution in [0.15, 0.2) is 41.3 Å². The molecule has 0 amide bonds. The van der Waals surface area contributed by atoms with Crippen LogP contribution in [0.1, 0.15) is 26.7 Å². The van der Waals surface area contributed by atoms with Gasteiger partial charge in [0, 0.05) is 21.1 Å². The highest BCUT2D eigenvalue weighted by Crippen LogP contribution is 2.37. The lowest BCUT2D eigenvalue weighted by Gasteiger charge is -2.06. The average Bonchev–Trinajstić information content (AvgIpc) is 3.30. The van der Waals surface area contributed by atoms with Crippen molar-refractivity contribution < 1.29 is 23.1 Å². The summed E-state index contributed by atoms with van der Waals surface area (Å²) in [6.07, 6.45) is -4.45. The second-order valence-corrected chi connectivity index (χ2v) is 10.3. The first-order valence-corrected chi connectivity index (χ1v) is 12.1. The number of rotatable bonds is 6. The highest BCUT2D eigenvalue weighted by molar-refractivity contribution is 7.98. The summed E-state index contributed by atoms with van der Waals surface area (Å²) in [7, 11) is 0. The van der Waals surface area contributed by atoms with Crippen molar-refractivity contribution in [1.82, 2.24) is 9.97 Å². The van der Waals surface area contributed by atoms with Crippen LogP contribution in [-0.4, -0.2) is 21.0 Å². The number of aliphatic carboxylic acids is 1. The Bertz CT molecular complexity index is 1290. The Kier molecular flexibility index (Phi) is 6.28. The van der Waals surface area contributed by atoms with Gasteiger partial charge in [-0.3, -0.25) is 4.79 Å². The number of thiazole rings is 2. The van der Waals surface area contributed by atoms with E-state index in [2.05, 4.69) is 9.97 Å². The molecule has 0 radical (unpaired) electrons. The van der Waals surface area contributed by atoms with Crippen molar-refractivity contribution in [2.45, 2.75) is 37.1 Å². The molecule has 4 aromatic rings. The Balaban J connectivity index is 1.52. The normalized spacial score (nSPS) is 11.9. The SMILES string of the molecule is Cc1nc(-c2ccc(C(F)(F)F)cc2)sc1CSc1ccc2nc(CC(=O)O)sc2c1C. The maximum Gasteiger partial charge on any atom is 0.416 e. The molecule has 0 atom stereocenters. The van der Waals surface area contributed by atoms with Crippen molar-refractivity contribution in [2.24, 2.45) is 0 Å². The zero-order valence-electron chi connectivity index (χ0n) is 17.0. The van der Waals surface area contributed by atoms with Crippen LogP contribution < -0.4 is 0 Å². The number of alkyl halides is 3. The number of carbonyl (C=O) groups is 1. The number of fused-ring (bicyclic) bond motifs is 1. The summed E-state index contributed by atoms with van der Waals surface area (Å²) >= 11 is 4.53. The maximum atomic E-state index is 12.8. The minimum atomic E-state index is -4.36. The van der Waals surface area contributed by atoms with Gasteiger partial charge in [0.05, 0.1) is 27.9 Å². The van der Waals surface area contributed by atoms with E-state index < -0.39 is 17.7 Å². The molecule has 2 heterocycles. The summed E-state index contributed by atoms with van der Waals surface area (Å²) in [6, 6.07) is 8.95. The fraction of sp³-hybridized carbons (Fsp3) is 0.227. The van der Waals surface area contributed by atoms with Crippen molar-refractivity contribution in [3.8, 4) is 10.6 Å². The molecular formula is C22H17F3N2O2S3. The van der Waals surface area contributed by atoms with Gasteiger partial charge in [-0.1, -0.05) is 12.1 Å². The topological polar surface area (TPSA) is 63.1 Å². The van der Waals surface area contributed by atoms with E-state index in [1.807, 2.05) is 26.0 Å².